The lowest BCUT2D eigenvalue weighted by Crippen LogP contribution is -2.04. The van der Waals surface area contributed by atoms with Gasteiger partial charge in [-0.2, -0.15) is 0 Å². The fourth-order valence-corrected chi connectivity index (χ4v) is 2.91. The number of imidazole rings is 1. The Balaban J connectivity index is 2.38. The van der Waals surface area contributed by atoms with E-state index in [0.717, 1.165) is 16.9 Å². The molecule has 3 rings (SSSR count). The summed E-state index contributed by atoms with van der Waals surface area (Å²) < 4.78 is 15.8. The van der Waals surface area contributed by atoms with Crippen LogP contribution in [0.15, 0.2) is 34.8 Å². The number of rotatable bonds is 2. The molecule has 0 aliphatic rings. The highest BCUT2D eigenvalue weighted by Gasteiger charge is 2.19. The molecule has 0 N–H and O–H groups in total. The Morgan fingerprint density at radius 3 is 2.67 bits per heavy atom. The first-order chi connectivity index (χ1) is 9.97. The largest absolute Gasteiger partial charge is 0.278 e. The van der Waals surface area contributed by atoms with Crippen molar-refractivity contribution in [3.8, 4) is 5.69 Å². The second kappa shape index (κ2) is 5.39. The first kappa shape index (κ1) is 14.5. The second-order valence-corrected chi connectivity index (χ2v) is 6.32. The summed E-state index contributed by atoms with van der Waals surface area (Å²) in [7, 11) is 0. The average molecular weight is 369 g/mol. The third kappa shape index (κ3) is 2.56. The molecule has 0 bridgehead atoms. The maximum Gasteiger partial charge on any atom is 0.165 e. The van der Waals surface area contributed by atoms with E-state index in [2.05, 4.69) is 25.9 Å². The van der Waals surface area contributed by atoms with Gasteiger partial charge in [-0.05, 0) is 60.1 Å². The maximum absolute atomic E-state index is 13.3. The summed E-state index contributed by atoms with van der Waals surface area (Å²) in [4.78, 5) is 9.09. The number of hydrogen-bond acceptors (Lipinski definition) is 2. The van der Waals surface area contributed by atoms with Crippen molar-refractivity contribution >= 4 is 38.7 Å². The van der Waals surface area contributed by atoms with Crippen LogP contribution in [0.3, 0.4) is 0 Å². The van der Waals surface area contributed by atoms with Gasteiger partial charge in [0.05, 0.1) is 11.1 Å². The van der Waals surface area contributed by atoms with Gasteiger partial charge in [-0.15, -0.1) is 11.6 Å². The molecule has 0 spiro atoms. The molecule has 21 heavy (non-hydrogen) atoms. The van der Waals surface area contributed by atoms with Crippen molar-refractivity contribution in [2.45, 2.75) is 19.2 Å². The van der Waals surface area contributed by atoms with Gasteiger partial charge in [-0.3, -0.25) is 4.57 Å². The van der Waals surface area contributed by atoms with Crippen molar-refractivity contribution < 1.29 is 4.39 Å². The molecule has 0 saturated carbocycles. The zero-order valence-electron chi connectivity index (χ0n) is 11.4. The third-order valence-electron chi connectivity index (χ3n) is 3.18. The standard InChI is InChI=1S/C15H12BrClFN3/c1-8-3-5-12-15(19-8)21(14(20-12)9(2)17)13-6-4-10(18)7-11(13)16/h3-7,9H,1-2H3. The number of aryl methyl sites for hydroxylation is 1. The Labute approximate surface area is 134 Å². The van der Waals surface area contributed by atoms with Crippen molar-refractivity contribution in [2.75, 3.05) is 0 Å². The highest BCUT2D eigenvalue weighted by molar-refractivity contribution is 9.10. The summed E-state index contributed by atoms with van der Waals surface area (Å²) in [6, 6.07) is 8.33. The van der Waals surface area contributed by atoms with E-state index in [1.165, 1.54) is 12.1 Å². The number of fused-ring (bicyclic) bond motifs is 1. The summed E-state index contributed by atoms with van der Waals surface area (Å²) in [6.45, 7) is 3.77. The summed E-state index contributed by atoms with van der Waals surface area (Å²) in [6.07, 6.45) is 0. The van der Waals surface area contributed by atoms with Crippen LogP contribution in [0, 0.1) is 12.7 Å². The van der Waals surface area contributed by atoms with E-state index in [9.17, 15) is 4.39 Å². The van der Waals surface area contributed by atoms with Crippen LogP contribution in [0.2, 0.25) is 0 Å². The van der Waals surface area contributed by atoms with Crippen LogP contribution in [0.1, 0.15) is 23.8 Å². The van der Waals surface area contributed by atoms with E-state index >= 15 is 0 Å². The van der Waals surface area contributed by atoms with Crippen LogP contribution in [0.4, 0.5) is 4.39 Å². The number of halogens is 3. The molecular formula is C15H12BrClFN3. The van der Waals surface area contributed by atoms with Gasteiger partial charge in [-0.25, -0.2) is 14.4 Å². The van der Waals surface area contributed by atoms with Crippen molar-refractivity contribution in [2.24, 2.45) is 0 Å². The quantitative estimate of drug-likeness (QED) is 0.600. The SMILES string of the molecule is Cc1ccc2nc(C(C)Cl)n(-c3ccc(F)cc3Br)c2n1. The summed E-state index contributed by atoms with van der Waals surface area (Å²) in [5.41, 5.74) is 3.12. The van der Waals surface area contributed by atoms with Gasteiger partial charge in [0.1, 0.15) is 17.2 Å². The molecule has 0 aliphatic carbocycles. The highest BCUT2D eigenvalue weighted by atomic mass is 79.9. The number of hydrogen-bond donors (Lipinski definition) is 0. The molecule has 0 fully saturated rings. The van der Waals surface area contributed by atoms with Gasteiger partial charge in [0.15, 0.2) is 5.65 Å². The first-order valence-corrected chi connectivity index (χ1v) is 7.66. The van der Waals surface area contributed by atoms with Gasteiger partial charge in [0.2, 0.25) is 0 Å². The normalized spacial score (nSPS) is 12.8. The van der Waals surface area contributed by atoms with Crippen LogP contribution in [-0.2, 0) is 0 Å². The van der Waals surface area contributed by atoms with Crippen LogP contribution >= 0.6 is 27.5 Å². The molecule has 2 aromatic heterocycles. The molecule has 108 valence electrons. The first-order valence-electron chi connectivity index (χ1n) is 6.43. The number of alkyl halides is 1. The Hall–Kier alpha value is -1.46. The molecule has 6 heteroatoms. The van der Waals surface area contributed by atoms with Crippen molar-refractivity contribution in [3.63, 3.8) is 0 Å². The van der Waals surface area contributed by atoms with Crippen molar-refractivity contribution in [1.29, 1.82) is 0 Å². The molecule has 1 atom stereocenters. The number of nitrogens with zero attached hydrogens (tertiary/aromatic N) is 3. The zero-order valence-corrected chi connectivity index (χ0v) is 13.8. The molecule has 3 aromatic rings. The fourth-order valence-electron chi connectivity index (χ4n) is 2.24. The molecule has 2 heterocycles. The van der Waals surface area contributed by atoms with Gasteiger partial charge in [0, 0.05) is 10.2 Å². The van der Waals surface area contributed by atoms with Crippen molar-refractivity contribution in [1.82, 2.24) is 14.5 Å². The van der Waals surface area contributed by atoms with E-state index in [-0.39, 0.29) is 11.2 Å². The van der Waals surface area contributed by atoms with Crippen molar-refractivity contribution in [3.05, 3.63) is 52.1 Å². The van der Waals surface area contributed by atoms with E-state index in [1.54, 1.807) is 6.07 Å². The summed E-state index contributed by atoms with van der Waals surface area (Å²) in [5, 5.41) is -0.295. The van der Waals surface area contributed by atoms with Crippen LogP contribution in [0.25, 0.3) is 16.9 Å². The lowest BCUT2D eigenvalue weighted by atomic mass is 10.3. The van der Waals surface area contributed by atoms with Crippen LogP contribution in [0.5, 0.6) is 0 Å². The molecule has 0 saturated heterocycles. The molecule has 0 amide bonds. The third-order valence-corrected chi connectivity index (χ3v) is 4.01. The summed E-state index contributed by atoms with van der Waals surface area (Å²) in [5.74, 6) is 0.372. The Morgan fingerprint density at radius 1 is 1.24 bits per heavy atom. The topological polar surface area (TPSA) is 30.7 Å². The Kier molecular flexibility index (Phi) is 3.71. The fraction of sp³-hybridized carbons (Fsp3) is 0.200. The van der Waals surface area contributed by atoms with Gasteiger partial charge in [-0.1, -0.05) is 0 Å². The van der Waals surface area contributed by atoms with Crippen LogP contribution < -0.4 is 0 Å². The Morgan fingerprint density at radius 2 is 2.00 bits per heavy atom. The van der Waals surface area contributed by atoms with Gasteiger partial charge in [0.25, 0.3) is 0 Å². The lowest BCUT2D eigenvalue weighted by molar-refractivity contribution is 0.626. The lowest BCUT2D eigenvalue weighted by Gasteiger charge is -2.12. The molecule has 0 radical (unpaired) electrons. The minimum Gasteiger partial charge on any atom is -0.278 e. The average Bonchev–Trinajstić information content (AvgIpc) is 2.77. The Bertz CT molecular complexity index is 829. The number of pyridine rings is 1. The van der Waals surface area contributed by atoms with Crippen LogP contribution in [-0.4, -0.2) is 14.5 Å². The predicted octanol–water partition coefficient (Wildman–Crippen LogP) is 4.93. The van der Waals surface area contributed by atoms with E-state index in [0.29, 0.717) is 15.9 Å². The monoisotopic (exact) mass is 367 g/mol. The molecule has 3 nitrogen and oxygen atoms in total. The number of benzene rings is 1. The van der Waals surface area contributed by atoms with E-state index in [4.69, 9.17) is 11.6 Å². The molecule has 1 aromatic carbocycles. The minimum atomic E-state index is -0.306. The highest BCUT2D eigenvalue weighted by Crippen LogP contribution is 2.31. The predicted molar refractivity (Wildman–Crippen MR) is 85.5 cm³/mol. The molecule has 1 unspecified atom stereocenters. The molecule has 0 aliphatic heterocycles. The zero-order chi connectivity index (χ0) is 15.1. The summed E-state index contributed by atoms with van der Waals surface area (Å²) >= 11 is 9.65. The van der Waals surface area contributed by atoms with E-state index < -0.39 is 0 Å². The smallest absolute Gasteiger partial charge is 0.165 e. The van der Waals surface area contributed by atoms with Gasteiger partial charge < -0.3 is 0 Å². The maximum atomic E-state index is 13.3. The van der Waals surface area contributed by atoms with E-state index in [1.807, 2.05) is 30.5 Å². The minimum absolute atomic E-state index is 0.295. The van der Waals surface area contributed by atoms with Gasteiger partial charge >= 0.3 is 0 Å². The molecular weight excluding hydrogens is 357 g/mol. The second-order valence-electron chi connectivity index (χ2n) is 4.81. The number of aromatic nitrogens is 3.